The van der Waals surface area contributed by atoms with E-state index in [1.54, 1.807) is 12.5 Å². The van der Waals surface area contributed by atoms with E-state index in [1.807, 2.05) is 11.8 Å². The topological polar surface area (TPSA) is 54.5 Å². The molecule has 2 aromatic heterocycles. The number of hydrogen-bond acceptors (Lipinski definition) is 4. The van der Waals surface area contributed by atoms with E-state index in [4.69, 9.17) is 0 Å². The molecule has 15 heavy (non-hydrogen) atoms. The molecule has 0 saturated carbocycles. The lowest BCUT2D eigenvalue weighted by molar-refractivity contribution is 0.668. The highest BCUT2D eigenvalue weighted by molar-refractivity contribution is 7.99. The van der Waals surface area contributed by atoms with E-state index < -0.39 is 0 Å². The Morgan fingerprint density at radius 1 is 1.40 bits per heavy atom. The third-order valence-electron chi connectivity index (χ3n) is 2.66. The van der Waals surface area contributed by atoms with E-state index in [1.165, 1.54) is 25.0 Å². The van der Waals surface area contributed by atoms with Crippen molar-refractivity contribution < 1.29 is 0 Å². The van der Waals surface area contributed by atoms with Crippen LogP contribution in [0.4, 0.5) is 0 Å². The summed E-state index contributed by atoms with van der Waals surface area (Å²) >= 11 is 1.99. The van der Waals surface area contributed by atoms with Gasteiger partial charge in [0, 0.05) is 0 Å². The second-order valence-electron chi connectivity index (χ2n) is 3.74. The summed E-state index contributed by atoms with van der Waals surface area (Å²) < 4.78 is 0. The molecular weight excluding hydrogens is 208 g/mol. The third-order valence-corrected chi connectivity index (χ3v) is 4.05. The standard InChI is InChI=1S/C10H12N4S/c1-2-4-15-8(3-1)10-13-7-5-11-6-12-9(7)14-10/h5-6,8H,1-4H2,(H,11,12,13,14). The van der Waals surface area contributed by atoms with Gasteiger partial charge in [0.1, 0.15) is 17.7 Å². The van der Waals surface area contributed by atoms with Gasteiger partial charge in [0.2, 0.25) is 0 Å². The number of nitrogens with one attached hydrogen (secondary N) is 1. The van der Waals surface area contributed by atoms with Gasteiger partial charge in [0.25, 0.3) is 0 Å². The number of thioether (sulfide) groups is 1. The first-order valence-electron chi connectivity index (χ1n) is 5.21. The lowest BCUT2D eigenvalue weighted by atomic mass is 10.2. The van der Waals surface area contributed by atoms with Gasteiger partial charge >= 0.3 is 0 Å². The molecule has 0 spiro atoms. The van der Waals surface area contributed by atoms with Crippen LogP contribution in [-0.4, -0.2) is 25.7 Å². The first-order valence-corrected chi connectivity index (χ1v) is 6.25. The number of fused-ring (bicyclic) bond motifs is 1. The first kappa shape index (κ1) is 9.15. The molecule has 1 aliphatic rings. The molecule has 1 fully saturated rings. The highest BCUT2D eigenvalue weighted by Gasteiger charge is 2.19. The Kier molecular flexibility index (Phi) is 2.32. The minimum Gasteiger partial charge on any atom is -0.338 e. The van der Waals surface area contributed by atoms with Crippen molar-refractivity contribution in [2.24, 2.45) is 0 Å². The second kappa shape index (κ2) is 3.81. The number of rotatable bonds is 1. The molecule has 0 aromatic carbocycles. The van der Waals surface area contributed by atoms with Crippen LogP contribution < -0.4 is 0 Å². The Labute approximate surface area is 91.9 Å². The van der Waals surface area contributed by atoms with E-state index in [-0.39, 0.29) is 0 Å². The summed E-state index contributed by atoms with van der Waals surface area (Å²) in [6.07, 6.45) is 7.19. The van der Waals surface area contributed by atoms with Crippen LogP contribution in [0.1, 0.15) is 30.3 Å². The Morgan fingerprint density at radius 2 is 2.40 bits per heavy atom. The van der Waals surface area contributed by atoms with Crippen molar-refractivity contribution in [3.05, 3.63) is 18.3 Å². The highest BCUT2D eigenvalue weighted by Crippen LogP contribution is 2.37. The van der Waals surface area contributed by atoms with Crippen LogP contribution in [0.2, 0.25) is 0 Å². The largest absolute Gasteiger partial charge is 0.338 e. The average Bonchev–Trinajstić information content (AvgIpc) is 2.74. The van der Waals surface area contributed by atoms with Crippen molar-refractivity contribution in [3.63, 3.8) is 0 Å². The van der Waals surface area contributed by atoms with Crippen molar-refractivity contribution >= 4 is 22.9 Å². The van der Waals surface area contributed by atoms with Crippen molar-refractivity contribution in [1.82, 2.24) is 19.9 Å². The molecular formula is C10H12N4S. The van der Waals surface area contributed by atoms with Crippen molar-refractivity contribution in [2.45, 2.75) is 24.5 Å². The summed E-state index contributed by atoms with van der Waals surface area (Å²) in [6, 6.07) is 0. The quantitative estimate of drug-likeness (QED) is 0.801. The monoisotopic (exact) mass is 220 g/mol. The molecule has 1 saturated heterocycles. The lowest BCUT2D eigenvalue weighted by Gasteiger charge is -2.18. The molecule has 78 valence electrons. The molecule has 1 unspecified atom stereocenters. The maximum atomic E-state index is 4.51. The van der Waals surface area contributed by atoms with Crippen LogP contribution in [0.3, 0.4) is 0 Å². The smallest absolute Gasteiger partial charge is 0.180 e. The SMILES string of the molecule is c1ncc2[nH]c(C3CCCCS3)nc2n1. The molecule has 1 atom stereocenters. The fourth-order valence-electron chi connectivity index (χ4n) is 1.89. The van der Waals surface area contributed by atoms with E-state index in [9.17, 15) is 0 Å². The van der Waals surface area contributed by atoms with Crippen LogP contribution >= 0.6 is 11.8 Å². The number of imidazole rings is 1. The summed E-state index contributed by atoms with van der Waals surface area (Å²) in [4.78, 5) is 15.9. The fraction of sp³-hybridized carbons (Fsp3) is 0.500. The minimum absolute atomic E-state index is 0.521. The van der Waals surface area contributed by atoms with E-state index >= 15 is 0 Å². The molecule has 0 radical (unpaired) electrons. The predicted molar refractivity (Wildman–Crippen MR) is 60.7 cm³/mol. The van der Waals surface area contributed by atoms with Crippen LogP contribution in [0.25, 0.3) is 11.2 Å². The maximum absolute atomic E-state index is 4.51. The number of nitrogens with zero attached hydrogens (tertiary/aromatic N) is 3. The molecule has 4 nitrogen and oxygen atoms in total. The first-order chi connectivity index (χ1) is 7.43. The molecule has 2 aromatic rings. The lowest BCUT2D eigenvalue weighted by Crippen LogP contribution is -2.03. The molecule has 5 heteroatoms. The van der Waals surface area contributed by atoms with Crippen molar-refractivity contribution in [3.8, 4) is 0 Å². The Bertz CT molecular complexity index is 428. The molecule has 1 N–H and O–H groups in total. The number of hydrogen-bond donors (Lipinski definition) is 1. The predicted octanol–water partition coefficient (Wildman–Crippen LogP) is 2.31. The summed E-state index contributed by atoms with van der Waals surface area (Å²) in [6.45, 7) is 0. The second-order valence-corrected chi connectivity index (χ2v) is 5.05. The molecule has 1 aliphatic heterocycles. The number of H-pyrrole nitrogens is 1. The maximum Gasteiger partial charge on any atom is 0.180 e. The zero-order chi connectivity index (χ0) is 10.1. The fourth-order valence-corrected chi connectivity index (χ4v) is 3.15. The molecule has 3 heterocycles. The average molecular weight is 220 g/mol. The molecule has 0 aliphatic carbocycles. The van der Waals surface area contributed by atoms with E-state index in [2.05, 4.69) is 19.9 Å². The zero-order valence-electron chi connectivity index (χ0n) is 8.31. The molecule has 0 amide bonds. The number of aromatic amines is 1. The molecule has 3 rings (SSSR count). The van der Waals surface area contributed by atoms with Gasteiger partial charge in [-0.05, 0) is 18.6 Å². The van der Waals surface area contributed by atoms with Crippen LogP contribution in [0, 0.1) is 0 Å². The van der Waals surface area contributed by atoms with Gasteiger partial charge in [-0.15, -0.1) is 0 Å². The van der Waals surface area contributed by atoms with Gasteiger partial charge in [0.15, 0.2) is 5.65 Å². The van der Waals surface area contributed by atoms with Gasteiger partial charge in [-0.2, -0.15) is 11.8 Å². The summed E-state index contributed by atoms with van der Waals surface area (Å²) in [5, 5.41) is 0.521. The van der Waals surface area contributed by atoms with E-state index in [0.29, 0.717) is 5.25 Å². The Morgan fingerprint density at radius 3 is 3.20 bits per heavy atom. The highest BCUT2D eigenvalue weighted by atomic mass is 32.2. The van der Waals surface area contributed by atoms with Crippen LogP contribution in [0.5, 0.6) is 0 Å². The Balaban J connectivity index is 1.96. The zero-order valence-corrected chi connectivity index (χ0v) is 9.13. The number of aromatic nitrogens is 4. The Hall–Kier alpha value is -1.10. The minimum atomic E-state index is 0.521. The summed E-state index contributed by atoms with van der Waals surface area (Å²) in [7, 11) is 0. The summed E-state index contributed by atoms with van der Waals surface area (Å²) in [5.74, 6) is 2.31. The van der Waals surface area contributed by atoms with Gasteiger partial charge in [-0.3, -0.25) is 0 Å². The van der Waals surface area contributed by atoms with Gasteiger partial charge in [-0.25, -0.2) is 15.0 Å². The molecule has 0 bridgehead atoms. The van der Waals surface area contributed by atoms with E-state index in [0.717, 1.165) is 17.0 Å². The van der Waals surface area contributed by atoms with Gasteiger partial charge in [-0.1, -0.05) is 6.42 Å². The normalized spacial score (nSPS) is 22.0. The van der Waals surface area contributed by atoms with Gasteiger partial charge < -0.3 is 4.98 Å². The van der Waals surface area contributed by atoms with Crippen molar-refractivity contribution in [2.75, 3.05) is 5.75 Å². The van der Waals surface area contributed by atoms with Crippen LogP contribution in [0.15, 0.2) is 12.5 Å². The third kappa shape index (κ3) is 1.71. The summed E-state index contributed by atoms with van der Waals surface area (Å²) in [5.41, 5.74) is 1.73. The van der Waals surface area contributed by atoms with Crippen LogP contribution in [-0.2, 0) is 0 Å². The van der Waals surface area contributed by atoms with Crippen molar-refractivity contribution in [1.29, 1.82) is 0 Å². The van der Waals surface area contributed by atoms with Gasteiger partial charge in [0.05, 0.1) is 11.4 Å².